The molecule has 1 aliphatic heterocycles. The number of nitrogens with zero attached hydrogens (tertiary/aromatic N) is 2. The molecular weight excluding hydrogens is 693 g/mol. The number of rotatable bonds is 4. The summed E-state index contributed by atoms with van der Waals surface area (Å²) in [6.07, 6.45) is 12.2. The Kier molecular flexibility index (Phi) is 7.03. The van der Waals surface area contributed by atoms with Gasteiger partial charge in [-0.25, -0.2) is 9.97 Å². The van der Waals surface area contributed by atoms with Crippen LogP contribution in [0.3, 0.4) is 0 Å². The smallest absolute Gasteiger partial charge is 0.161 e. The number of hydrogen-bond donors (Lipinski definition) is 0. The number of para-hydroxylation sites is 1. The lowest BCUT2D eigenvalue weighted by atomic mass is 9.64. The van der Waals surface area contributed by atoms with Crippen LogP contribution in [-0.2, 0) is 11.8 Å². The predicted octanol–water partition coefficient (Wildman–Crippen LogP) is 13.4. The summed E-state index contributed by atoms with van der Waals surface area (Å²) < 4.78 is 6.78. The summed E-state index contributed by atoms with van der Waals surface area (Å²) in [4.78, 5) is 10.7. The van der Waals surface area contributed by atoms with Gasteiger partial charge in [0.2, 0.25) is 0 Å². The summed E-state index contributed by atoms with van der Waals surface area (Å²) >= 11 is 0. The molecule has 0 amide bonds. The second kappa shape index (κ2) is 12.5. The third-order valence-electron chi connectivity index (χ3n) is 12.4. The zero-order chi connectivity index (χ0) is 37.5. The zero-order valence-electron chi connectivity index (χ0n) is 31.2. The number of ether oxygens (including phenoxy) is 1. The van der Waals surface area contributed by atoms with Crippen LogP contribution >= 0.6 is 0 Å². The Morgan fingerprint density at radius 2 is 1.26 bits per heavy atom. The summed E-state index contributed by atoms with van der Waals surface area (Å²) in [7, 11) is 0. The van der Waals surface area contributed by atoms with Gasteiger partial charge in [0.25, 0.3) is 0 Å². The molecule has 1 aromatic heterocycles. The van der Waals surface area contributed by atoms with E-state index in [0.29, 0.717) is 5.82 Å². The van der Waals surface area contributed by atoms with E-state index < -0.39 is 5.41 Å². The highest BCUT2D eigenvalue weighted by molar-refractivity contribution is 5.98. The molecule has 3 nitrogen and oxygen atoms in total. The standard InChI is InChI=1S/C54H36N2O/c1-2-14-34(15-3-1)48-33-49(39-30-37-18-12-16-35-17-13-19-38(31-39)52(35)37)56-53(55-48)43-23-5-4-20-40(43)36-28-29-51-47(32-36)54(46-26-10-11-27-50(46)57-51)44-24-8-6-21-41(44)42-22-7-9-25-45(42)54/h1-8,10-16,18-24,26-33H,9,17,25H2. The van der Waals surface area contributed by atoms with Gasteiger partial charge in [-0.3, -0.25) is 0 Å². The summed E-state index contributed by atoms with van der Waals surface area (Å²) in [5, 5.41) is 2.57. The number of hydrogen-bond acceptors (Lipinski definition) is 3. The van der Waals surface area contributed by atoms with Gasteiger partial charge in [0.05, 0.1) is 16.8 Å². The molecular formula is C54H36N2O. The maximum absolute atomic E-state index is 6.78. The minimum Gasteiger partial charge on any atom is -0.457 e. The molecule has 1 spiro atoms. The van der Waals surface area contributed by atoms with Crippen molar-refractivity contribution in [1.82, 2.24) is 9.97 Å². The van der Waals surface area contributed by atoms with E-state index >= 15 is 0 Å². The lowest BCUT2D eigenvalue weighted by Gasteiger charge is -2.41. The predicted molar refractivity (Wildman–Crippen MR) is 232 cm³/mol. The molecule has 8 aromatic rings. The molecule has 57 heavy (non-hydrogen) atoms. The maximum Gasteiger partial charge on any atom is 0.161 e. The highest BCUT2D eigenvalue weighted by atomic mass is 16.5. The van der Waals surface area contributed by atoms with Crippen molar-refractivity contribution in [1.29, 1.82) is 0 Å². The van der Waals surface area contributed by atoms with Crippen molar-refractivity contribution in [2.24, 2.45) is 0 Å². The van der Waals surface area contributed by atoms with E-state index in [2.05, 4.69) is 182 Å². The summed E-state index contributed by atoms with van der Waals surface area (Å²) in [6.45, 7) is 0. The molecule has 3 aliphatic carbocycles. The second-order valence-corrected chi connectivity index (χ2v) is 15.5. The highest BCUT2D eigenvalue weighted by Gasteiger charge is 2.52. The van der Waals surface area contributed by atoms with Gasteiger partial charge in [0, 0.05) is 27.8 Å². The van der Waals surface area contributed by atoms with Crippen LogP contribution in [0.2, 0.25) is 0 Å². The summed E-state index contributed by atoms with van der Waals surface area (Å²) in [5.74, 6) is 2.52. The van der Waals surface area contributed by atoms with Crippen LogP contribution in [0.15, 0.2) is 182 Å². The number of allylic oxidation sites excluding steroid dienone is 5. The van der Waals surface area contributed by atoms with E-state index in [1.54, 1.807) is 0 Å². The Morgan fingerprint density at radius 3 is 2.16 bits per heavy atom. The van der Waals surface area contributed by atoms with Gasteiger partial charge in [0.15, 0.2) is 5.82 Å². The van der Waals surface area contributed by atoms with Crippen molar-refractivity contribution < 1.29 is 4.74 Å². The molecule has 0 fully saturated rings. The van der Waals surface area contributed by atoms with Crippen LogP contribution in [0.1, 0.15) is 46.2 Å². The van der Waals surface area contributed by atoms with Crippen molar-refractivity contribution in [2.75, 3.05) is 0 Å². The van der Waals surface area contributed by atoms with Gasteiger partial charge in [-0.05, 0) is 111 Å². The quantitative estimate of drug-likeness (QED) is 0.181. The van der Waals surface area contributed by atoms with E-state index in [4.69, 9.17) is 14.7 Å². The van der Waals surface area contributed by atoms with Crippen molar-refractivity contribution >= 4 is 22.4 Å². The van der Waals surface area contributed by atoms with Crippen molar-refractivity contribution in [3.8, 4) is 56.5 Å². The van der Waals surface area contributed by atoms with Crippen LogP contribution in [0, 0.1) is 0 Å². The van der Waals surface area contributed by atoms with Crippen LogP contribution in [0.4, 0.5) is 0 Å². The number of fused-ring (bicyclic) bond motifs is 8. The third-order valence-corrected chi connectivity index (χ3v) is 12.4. The van der Waals surface area contributed by atoms with Crippen molar-refractivity contribution in [3.05, 3.63) is 215 Å². The molecule has 12 rings (SSSR count). The van der Waals surface area contributed by atoms with Crippen LogP contribution in [0.25, 0.3) is 67.5 Å². The molecule has 7 aromatic carbocycles. The number of aromatic nitrogens is 2. The van der Waals surface area contributed by atoms with E-state index in [0.717, 1.165) is 70.0 Å². The lowest BCUT2D eigenvalue weighted by molar-refractivity contribution is 0.432. The van der Waals surface area contributed by atoms with Crippen LogP contribution < -0.4 is 4.74 Å². The minimum atomic E-state index is -0.465. The first kappa shape index (κ1) is 32.2. The molecule has 2 heterocycles. The molecule has 0 radical (unpaired) electrons. The van der Waals surface area contributed by atoms with E-state index in [1.807, 2.05) is 0 Å². The molecule has 1 unspecified atom stereocenters. The molecule has 0 saturated carbocycles. The fourth-order valence-electron chi connectivity index (χ4n) is 10.0. The Labute approximate surface area is 332 Å². The average Bonchev–Trinajstić information content (AvgIpc) is 3.57. The van der Waals surface area contributed by atoms with Gasteiger partial charge in [-0.15, -0.1) is 0 Å². The maximum atomic E-state index is 6.78. The van der Waals surface area contributed by atoms with E-state index in [9.17, 15) is 0 Å². The van der Waals surface area contributed by atoms with Gasteiger partial charge in [-0.2, -0.15) is 0 Å². The molecule has 1 atom stereocenters. The molecule has 0 N–H and O–H groups in total. The molecule has 268 valence electrons. The first-order chi connectivity index (χ1) is 28.2. The summed E-state index contributed by atoms with van der Waals surface area (Å²) in [5.41, 5.74) is 17.1. The highest BCUT2D eigenvalue weighted by Crippen LogP contribution is 2.63. The fraction of sp³-hybridized carbons (Fsp3) is 0.0741. The first-order valence-electron chi connectivity index (χ1n) is 19.9. The van der Waals surface area contributed by atoms with Crippen molar-refractivity contribution in [3.63, 3.8) is 0 Å². The Morgan fingerprint density at radius 1 is 0.509 bits per heavy atom. The topological polar surface area (TPSA) is 35.0 Å². The lowest BCUT2D eigenvalue weighted by Crippen LogP contribution is -2.33. The largest absolute Gasteiger partial charge is 0.457 e. The van der Waals surface area contributed by atoms with Crippen LogP contribution in [-0.4, -0.2) is 9.97 Å². The second-order valence-electron chi connectivity index (χ2n) is 15.5. The average molecular weight is 729 g/mol. The van der Waals surface area contributed by atoms with Gasteiger partial charge in [-0.1, -0.05) is 146 Å². The molecule has 0 bridgehead atoms. The zero-order valence-corrected chi connectivity index (χ0v) is 31.2. The Bertz CT molecular complexity index is 3080. The number of benzene rings is 7. The Balaban J connectivity index is 1.07. The fourth-order valence-corrected chi connectivity index (χ4v) is 10.0. The Hall–Kier alpha value is -7.10. The van der Waals surface area contributed by atoms with E-state index in [-0.39, 0.29) is 0 Å². The third kappa shape index (κ3) is 4.79. The normalized spacial score (nSPS) is 16.9. The van der Waals surface area contributed by atoms with E-state index in [1.165, 1.54) is 55.3 Å². The molecule has 4 aliphatic rings. The van der Waals surface area contributed by atoms with Gasteiger partial charge < -0.3 is 4.74 Å². The monoisotopic (exact) mass is 728 g/mol. The van der Waals surface area contributed by atoms with Crippen LogP contribution in [0.5, 0.6) is 11.5 Å². The SMILES string of the molecule is C1=CC2=C(CC1)C1(c3ccccc3Oc3ccc(-c4ccccc4-c4nc(-c5ccccc5)cc(-c5cc6c7c(cccc7c5)CC=C6)n4)cc31)c1ccccc12. The molecule has 0 saturated heterocycles. The van der Waals surface area contributed by atoms with Crippen molar-refractivity contribution in [2.45, 2.75) is 24.7 Å². The summed E-state index contributed by atoms with van der Waals surface area (Å²) in [6, 6.07) is 56.8. The van der Waals surface area contributed by atoms with Gasteiger partial charge >= 0.3 is 0 Å². The first-order valence-corrected chi connectivity index (χ1v) is 19.9. The molecule has 3 heteroatoms. The minimum absolute atomic E-state index is 0.465. The van der Waals surface area contributed by atoms with Gasteiger partial charge in [0.1, 0.15) is 11.5 Å².